The Balaban J connectivity index is 2.19. The summed E-state index contributed by atoms with van der Waals surface area (Å²) in [6, 6.07) is 3.69. The number of hydrogen-bond acceptors (Lipinski definition) is 5. The maximum atomic E-state index is 5.55. The molecule has 2 N–H and O–H groups in total. The zero-order chi connectivity index (χ0) is 9.80. The lowest BCUT2D eigenvalue weighted by molar-refractivity contribution is 1.05. The molecule has 0 bridgehead atoms. The average Bonchev–Trinajstić information content (AvgIpc) is 2.19. The molecule has 0 saturated heterocycles. The van der Waals surface area contributed by atoms with Gasteiger partial charge in [-0.05, 0) is 12.1 Å². The van der Waals surface area contributed by atoms with Crippen molar-refractivity contribution in [3.05, 3.63) is 36.9 Å². The molecule has 2 aromatic heterocycles. The number of aromatic nitrogens is 3. The van der Waals surface area contributed by atoms with Crippen LogP contribution in [0.3, 0.4) is 0 Å². The van der Waals surface area contributed by atoms with Crippen molar-refractivity contribution in [1.29, 1.82) is 0 Å². The Morgan fingerprint density at radius 1 is 1.14 bits per heavy atom. The minimum atomic E-state index is 0.513. The smallest absolute Gasteiger partial charge is 0.124 e. The van der Waals surface area contributed by atoms with Crippen LogP contribution in [0, 0.1) is 0 Å². The molecule has 2 aromatic rings. The van der Waals surface area contributed by atoms with E-state index in [1.54, 1.807) is 30.9 Å². The third-order valence-electron chi connectivity index (χ3n) is 1.51. The first kappa shape index (κ1) is 8.96. The Kier molecular flexibility index (Phi) is 2.60. The Morgan fingerprint density at radius 3 is 2.79 bits per heavy atom. The summed E-state index contributed by atoms with van der Waals surface area (Å²) in [5.74, 6) is 0.513. The number of anilines is 1. The molecule has 2 rings (SSSR count). The molecule has 0 saturated carbocycles. The molecule has 70 valence electrons. The van der Waals surface area contributed by atoms with E-state index in [0.717, 1.165) is 9.92 Å². The number of rotatable bonds is 2. The summed E-state index contributed by atoms with van der Waals surface area (Å²) in [6.07, 6.45) is 6.69. The molecular weight excluding hydrogens is 196 g/mol. The van der Waals surface area contributed by atoms with Crippen molar-refractivity contribution < 1.29 is 0 Å². The second-order valence-corrected chi connectivity index (χ2v) is 3.66. The van der Waals surface area contributed by atoms with Gasteiger partial charge in [-0.1, -0.05) is 11.8 Å². The first-order valence-corrected chi connectivity index (χ1v) is 4.81. The van der Waals surface area contributed by atoms with Crippen LogP contribution in [0.15, 0.2) is 46.8 Å². The Morgan fingerprint density at radius 2 is 2.07 bits per heavy atom. The minimum Gasteiger partial charge on any atom is -0.384 e. The quantitative estimate of drug-likeness (QED) is 0.805. The van der Waals surface area contributed by atoms with E-state index in [2.05, 4.69) is 15.0 Å². The van der Waals surface area contributed by atoms with Gasteiger partial charge in [0.2, 0.25) is 0 Å². The molecule has 4 nitrogen and oxygen atoms in total. The zero-order valence-electron chi connectivity index (χ0n) is 7.29. The topological polar surface area (TPSA) is 64.7 Å². The van der Waals surface area contributed by atoms with Crippen molar-refractivity contribution >= 4 is 17.6 Å². The first-order chi connectivity index (χ1) is 6.84. The van der Waals surface area contributed by atoms with Crippen molar-refractivity contribution in [1.82, 2.24) is 15.0 Å². The highest BCUT2D eigenvalue weighted by molar-refractivity contribution is 7.99. The van der Waals surface area contributed by atoms with Crippen LogP contribution in [0.25, 0.3) is 0 Å². The van der Waals surface area contributed by atoms with Gasteiger partial charge in [-0.25, -0.2) is 9.97 Å². The molecule has 0 aromatic carbocycles. The fraction of sp³-hybridized carbons (Fsp3) is 0. The predicted molar refractivity (Wildman–Crippen MR) is 54.8 cm³/mol. The van der Waals surface area contributed by atoms with E-state index in [1.165, 1.54) is 11.8 Å². The normalized spacial score (nSPS) is 10.0. The minimum absolute atomic E-state index is 0.513. The molecule has 0 aliphatic heterocycles. The third-order valence-corrected chi connectivity index (χ3v) is 2.42. The van der Waals surface area contributed by atoms with Gasteiger partial charge in [-0.2, -0.15) is 0 Å². The number of pyridine rings is 1. The molecule has 0 spiro atoms. The number of nitrogens with two attached hydrogens (primary N) is 1. The summed E-state index contributed by atoms with van der Waals surface area (Å²) in [4.78, 5) is 13.0. The average molecular weight is 204 g/mol. The van der Waals surface area contributed by atoms with Crippen LogP contribution in [0.2, 0.25) is 0 Å². The molecule has 0 aliphatic carbocycles. The van der Waals surface area contributed by atoms with E-state index in [4.69, 9.17) is 5.73 Å². The summed E-state index contributed by atoms with van der Waals surface area (Å²) in [5, 5.41) is 0.845. The predicted octanol–water partition coefficient (Wildman–Crippen LogP) is 1.60. The molecule has 0 aliphatic rings. The summed E-state index contributed by atoms with van der Waals surface area (Å²) in [5.41, 5.74) is 5.55. The monoisotopic (exact) mass is 204 g/mol. The van der Waals surface area contributed by atoms with Gasteiger partial charge in [0.25, 0.3) is 0 Å². The first-order valence-electron chi connectivity index (χ1n) is 4.00. The summed E-state index contributed by atoms with van der Waals surface area (Å²) in [6.45, 7) is 0. The molecule has 0 radical (unpaired) electrons. The van der Waals surface area contributed by atoms with Crippen LogP contribution in [-0.4, -0.2) is 15.0 Å². The molecule has 5 heteroatoms. The van der Waals surface area contributed by atoms with E-state index < -0.39 is 0 Å². The SMILES string of the molecule is Nc1cc(Sc2cnccn2)ccn1. The van der Waals surface area contributed by atoms with E-state index in [9.17, 15) is 0 Å². The zero-order valence-corrected chi connectivity index (χ0v) is 8.11. The lowest BCUT2D eigenvalue weighted by atomic mass is 10.5. The molecule has 0 unspecified atom stereocenters. The van der Waals surface area contributed by atoms with Gasteiger partial charge < -0.3 is 5.73 Å². The van der Waals surface area contributed by atoms with Crippen LogP contribution in [0.1, 0.15) is 0 Å². The van der Waals surface area contributed by atoms with Crippen LogP contribution >= 0.6 is 11.8 Å². The van der Waals surface area contributed by atoms with Crippen molar-refractivity contribution in [3.63, 3.8) is 0 Å². The number of nitrogen functional groups attached to an aromatic ring is 1. The highest BCUT2D eigenvalue weighted by atomic mass is 32.2. The van der Waals surface area contributed by atoms with Gasteiger partial charge in [-0.3, -0.25) is 4.98 Å². The maximum Gasteiger partial charge on any atom is 0.124 e. The molecule has 0 amide bonds. The molecule has 14 heavy (non-hydrogen) atoms. The van der Waals surface area contributed by atoms with Gasteiger partial charge in [-0.15, -0.1) is 0 Å². The van der Waals surface area contributed by atoms with Gasteiger partial charge in [0.05, 0.1) is 6.20 Å². The van der Waals surface area contributed by atoms with Gasteiger partial charge in [0, 0.05) is 23.5 Å². The van der Waals surface area contributed by atoms with E-state index in [-0.39, 0.29) is 0 Å². The Labute approximate surface area is 85.6 Å². The van der Waals surface area contributed by atoms with Crippen molar-refractivity contribution in [2.45, 2.75) is 9.92 Å². The maximum absolute atomic E-state index is 5.55. The van der Waals surface area contributed by atoms with Gasteiger partial charge in [0.15, 0.2) is 0 Å². The molecule has 0 fully saturated rings. The number of hydrogen-bond donors (Lipinski definition) is 1. The van der Waals surface area contributed by atoms with Gasteiger partial charge in [0.1, 0.15) is 10.8 Å². The standard InChI is InChI=1S/C9H8N4S/c10-8-5-7(1-2-12-8)14-9-6-11-3-4-13-9/h1-6H,(H2,10,12). The van der Waals surface area contributed by atoms with Crippen LogP contribution in [-0.2, 0) is 0 Å². The van der Waals surface area contributed by atoms with Crippen LogP contribution in [0.4, 0.5) is 5.82 Å². The Hall–Kier alpha value is -1.62. The lowest BCUT2D eigenvalue weighted by Gasteiger charge is -1.99. The second-order valence-electron chi connectivity index (χ2n) is 2.56. The van der Waals surface area contributed by atoms with E-state index in [1.807, 2.05) is 6.07 Å². The summed E-state index contributed by atoms with van der Waals surface area (Å²) in [7, 11) is 0. The third kappa shape index (κ3) is 2.20. The van der Waals surface area contributed by atoms with Gasteiger partial charge >= 0.3 is 0 Å². The number of nitrogens with zero attached hydrogens (tertiary/aromatic N) is 3. The summed E-state index contributed by atoms with van der Waals surface area (Å²) >= 11 is 1.51. The fourth-order valence-corrected chi connectivity index (χ4v) is 1.73. The lowest BCUT2D eigenvalue weighted by Crippen LogP contribution is -1.88. The van der Waals surface area contributed by atoms with Crippen molar-refractivity contribution in [2.24, 2.45) is 0 Å². The largest absolute Gasteiger partial charge is 0.384 e. The van der Waals surface area contributed by atoms with Crippen LogP contribution in [0.5, 0.6) is 0 Å². The summed E-state index contributed by atoms with van der Waals surface area (Å²) < 4.78 is 0. The Bertz CT molecular complexity index is 418. The van der Waals surface area contributed by atoms with E-state index >= 15 is 0 Å². The highest BCUT2D eigenvalue weighted by Crippen LogP contribution is 2.25. The molecule has 0 atom stereocenters. The van der Waals surface area contributed by atoms with Crippen molar-refractivity contribution in [2.75, 3.05) is 5.73 Å². The highest BCUT2D eigenvalue weighted by Gasteiger charge is 1.98. The van der Waals surface area contributed by atoms with Crippen molar-refractivity contribution in [3.8, 4) is 0 Å². The molecular formula is C9H8N4S. The van der Waals surface area contributed by atoms with Crippen LogP contribution < -0.4 is 5.73 Å². The fourth-order valence-electron chi connectivity index (χ4n) is 0.950. The molecule has 2 heterocycles. The second kappa shape index (κ2) is 4.06. The van der Waals surface area contributed by atoms with E-state index in [0.29, 0.717) is 5.82 Å².